The van der Waals surface area contributed by atoms with Crippen molar-refractivity contribution in [2.24, 2.45) is 23.7 Å². The van der Waals surface area contributed by atoms with Crippen molar-refractivity contribution in [3.8, 4) is 0 Å². The standard InChI is InChI=1S/C28H37N5O6/c1-6-12-31(15-32-19-11-9-8-10-18(19)29-30-32)25(36)23-28-13-17(4)27(5,39-28)22(26(37)38)21(28)24(35)33(23)20(14-34)16(3)7-2/h6,8-11,16-17,20-23,34H,1,7,12-15H2,2-5H3,(H,37,38)/t16-,17?,20-,21-,22-,23?,27+,28?/m0/s1. The van der Waals surface area contributed by atoms with Crippen LogP contribution in [0, 0.1) is 23.7 Å². The Morgan fingerprint density at radius 2 is 2.08 bits per heavy atom. The molecule has 3 aliphatic heterocycles. The second kappa shape index (κ2) is 9.71. The number of hydrogen-bond acceptors (Lipinski definition) is 7. The van der Waals surface area contributed by atoms with Crippen LogP contribution in [0.3, 0.4) is 0 Å². The summed E-state index contributed by atoms with van der Waals surface area (Å²) < 4.78 is 8.21. The number of aliphatic hydroxyl groups is 1. The van der Waals surface area contributed by atoms with E-state index in [0.717, 1.165) is 5.52 Å². The molecule has 8 atom stereocenters. The molecule has 11 heteroatoms. The lowest BCUT2D eigenvalue weighted by atomic mass is 9.62. The fourth-order valence-electron chi connectivity index (χ4n) is 7.23. The van der Waals surface area contributed by atoms with Gasteiger partial charge in [-0.15, -0.1) is 11.7 Å². The van der Waals surface area contributed by atoms with Gasteiger partial charge < -0.3 is 24.7 Å². The maximum absolute atomic E-state index is 14.6. The number of ether oxygens (including phenoxy) is 1. The zero-order valence-electron chi connectivity index (χ0n) is 22.9. The first-order valence-corrected chi connectivity index (χ1v) is 13.6. The number of aromatic nitrogens is 3. The quantitative estimate of drug-likeness (QED) is 0.437. The van der Waals surface area contributed by atoms with Crippen LogP contribution >= 0.6 is 0 Å². The Morgan fingerprint density at radius 1 is 1.36 bits per heavy atom. The van der Waals surface area contributed by atoms with Crippen LogP contribution in [0.25, 0.3) is 11.0 Å². The Balaban J connectivity index is 1.62. The van der Waals surface area contributed by atoms with Crippen molar-refractivity contribution in [3.63, 3.8) is 0 Å². The molecule has 5 rings (SSSR count). The lowest BCUT2D eigenvalue weighted by molar-refractivity contribution is -0.161. The molecule has 1 aromatic carbocycles. The van der Waals surface area contributed by atoms with Gasteiger partial charge in [0.25, 0.3) is 0 Å². The van der Waals surface area contributed by atoms with Crippen LogP contribution < -0.4 is 0 Å². The molecule has 3 saturated heterocycles. The number of carboxylic acids is 1. The highest BCUT2D eigenvalue weighted by molar-refractivity contribution is 5.98. The van der Waals surface area contributed by atoms with Gasteiger partial charge in [-0.1, -0.05) is 50.6 Å². The number of aliphatic carboxylic acids is 1. The smallest absolute Gasteiger partial charge is 0.310 e. The lowest BCUT2D eigenvalue weighted by Crippen LogP contribution is -2.60. The van der Waals surface area contributed by atoms with Crippen molar-refractivity contribution in [1.82, 2.24) is 24.8 Å². The van der Waals surface area contributed by atoms with Crippen LogP contribution in [-0.2, 0) is 25.8 Å². The minimum Gasteiger partial charge on any atom is -0.481 e. The average Bonchev–Trinajstić information content (AvgIpc) is 3.58. The second-order valence-corrected chi connectivity index (χ2v) is 11.5. The summed E-state index contributed by atoms with van der Waals surface area (Å²) in [6, 6.07) is 5.63. The van der Waals surface area contributed by atoms with Gasteiger partial charge in [0, 0.05) is 6.54 Å². The molecule has 11 nitrogen and oxygen atoms in total. The Morgan fingerprint density at radius 3 is 2.72 bits per heavy atom. The molecule has 2 N–H and O–H groups in total. The monoisotopic (exact) mass is 539 g/mol. The number of carbonyl (C=O) groups is 3. The van der Waals surface area contributed by atoms with E-state index in [0.29, 0.717) is 18.4 Å². The van der Waals surface area contributed by atoms with E-state index in [-0.39, 0.29) is 31.7 Å². The molecule has 0 saturated carbocycles. The molecular weight excluding hydrogens is 502 g/mol. The predicted molar refractivity (Wildman–Crippen MR) is 141 cm³/mol. The summed E-state index contributed by atoms with van der Waals surface area (Å²) >= 11 is 0. The van der Waals surface area contributed by atoms with Gasteiger partial charge >= 0.3 is 5.97 Å². The molecule has 1 spiro atoms. The average molecular weight is 540 g/mol. The Labute approximate surface area is 227 Å². The number of likely N-dealkylation sites (tertiary alicyclic amines) is 1. The number of benzene rings is 1. The van der Waals surface area contributed by atoms with Crippen molar-refractivity contribution in [2.45, 2.75) is 70.5 Å². The first kappa shape index (κ1) is 27.3. The first-order valence-electron chi connectivity index (χ1n) is 13.6. The summed E-state index contributed by atoms with van der Waals surface area (Å²) in [5, 5.41) is 29.2. The normalized spacial score (nSPS) is 32.8. The number of carbonyl (C=O) groups excluding carboxylic acids is 2. The molecule has 0 radical (unpaired) electrons. The van der Waals surface area contributed by atoms with Crippen molar-refractivity contribution in [3.05, 3.63) is 36.9 Å². The van der Waals surface area contributed by atoms with Crippen LogP contribution in [0.1, 0.15) is 40.5 Å². The van der Waals surface area contributed by atoms with Crippen molar-refractivity contribution < 1.29 is 29.3 Å². The minimum atomic E-state index is -1.32. The van der Waals surface area contributed by atoms with Gasteiger partial charge in [0.1, 0.15) is 29.7 Å². The van der Waals surface area contributed by atoms with Crippen molar-refractivity contribution >= 4 is 28.8 Å². The molecule has 39 heavy (non-hydrogen) atoms. The summed E-state index contributed by atoms with van der Waals surface area (Å²) in [6.45, 7) is 11.2. The number of fused-ring (bicyclic) bond motifs is 2. The maximum atomic E-state index is 14.6. The fraction of sp³-hybridized carbons (Fsp3) is 0.607. The third-order valence-corrected chi connectivity index (χ3v) is 9.48. The van der Waals surface area contributed by atoms with Gasteiger partial charge in [-0.2, -0.15) is 0 Å². The zero-order chi connectivity index (χ0) is 28.3. The van der Waals surface area contributed by atoms with Gasteiger partial charge in [-0.05, 0) is 37.3 Å². The van der Waals surface area contributed by atoms with E-state index in [2.05, 4.69) is 16.9 Å². The number of hydrogen-bond donors (Lipinski definition) is 2. The topological polar surface area (TPSA) is 138 Å². The number of carboxylic acid groups (broad SMARTS) is 1. The van der Waals surface area contributed by atoms with E-state index in [9.17, 15) is 24.6 Å². The second-order valence-electron chi connectivity index (χ2n) is 11.5. The molecule has 3 fully saturated rings. The van der Waals surface area contributed by atoms with E-state index in [4.69, 9.17) is 4.74 Å². The summed E-state index contributed by atoms with van der Waals surface area (Å²) in [5.41, 5.74) is -0.989. The minimum absolute atomic E-state index is 0.0486. The highest BCUT2D eigenvalue weighted by atomic mass is 16.5. The third kappa shape index (κ3) is 3.81. The summed E-state index contributed by atoms with van der Waals surface area (Å²) in [4.78, 5) is 44.4. The molecule has 3 unspecified atom stereocenters. The molecule has 2 aromatic rings. The van der Waals surface area contributed by atoms with Crippen LogP contribution in [-0.4, -0.2) is 89.2 Å². The number of para-hydroxylation sites is 1. The molecule has 2 amide bonds. The van der Waals surface area contributed by atoms with Gasteiger partial charge in [-0.25, -0.2) is 4.68 Å². The Kier molecular flexibility index (Phi) is 6.79. The van der Waals surface area contributed by atoms with E-state index >= 15 is 0 Å². The number of nitrogens with zero attached hydrogens (tertiary/aromatic N) is 5. The molecule has 0 aliphatic carbocycles. The molecular formula is C28H37N5O6. The number of aliphatic hydroxyl groups excluding tert-OH is 1. The number of rotatable bonds is 10. The molecule has 4 heterocycles. The van der Waals surface area contributed by atoms with Gasteiger partial charge in [-0.3, -0.25) is 14.4 Å². The summed E-state index contributed by atoms with van der Waals surface area (Å²) in [5.74, 6) is -4.40. The fourth-order valence-corrected chi connectivity index (χ4v) is 7.23. The predicted octanol–water partition coefficient (Wildman–Crippen LogP) is 1.91. The van der Waals surface area contributed by atoms with E-state index in [1.165, 1.54) is 4.90 Å². The van der Waals surface area contributed by atoms with Crippen LogP contribution in [0.4, 0.5) is 0 Å². The molecule has 210 valence electrons. The zero-order valence-corrected chi connectivity index (χ0v) is 22.9. The maximum Gasteiger partial charge on any atom is 0.310 e. The number of amides is 2. The first-order chi connectivity index (χ1) is 18.5. The van der Waals surface area contributed by atoms with Crippen molar-refractivity contribution in [1.29, 1.82) is 0 Å². The van der Waals surface area contributed by atoms with Crippen LogP contribution in [0.5, 0.6) is 0 Å². The van der Waals surface area contributed by atoms with E-state index in [1.807, 2.05) is 45.0 Å². The van der Waals surface area contributed by atoms with Gasteiger partial charge in [0.05, 0.1) is 29.7 Å². The molecule has 1 aromatic heterocycles. The molecule has 2 bridgehead atoms. The van der Waals surface area contributed by atoms with Gasteiger partial charge in [0.15, 0.2) is 0 Å². The Hall–Kier alpha value is -3.31. The highest BCUT2D eigenvalue weighted by Gasteiger charge is 2.80. The lowest BCUT2D eigenvalue weighted by Gasteiger charge is -2.41. The highest BCUT2D eigenvalue weighted by Crippen LogP contribution is 2.65. The van der Waals surface area contributed by atoms with Crippen LogP contribution in [0.15, 0.2) is 36.9 Å². The summed E-state index contributed by atoms with van der Waals surface area (Å²) in [7, 11) is 0. The van der Waals surface area contributed by atoms with Gasteiger partial charge in [0.2, 0.25) is 11.8 Å². The van der Waals surface area contributed by atoms with Crippen molar-refractivity contribution in [2.75, 3.05) is 13.2 Å². The van der Waals surface area contributed by atoms with E-state index < -0.39 is 52.9 Å². The summed E-state index contributed by atoms with van der Waals surface area (Å²) in [6.07, 6.45) is 2.62. The Bertz CT molecular complexity index is 1310. The van der Waals surface area contributed by atoms with Crippen LogP contribution in [0.2, 0.25) is 0 Å². The SMILES string of the molecule is C=CCN(Cn1nnc2ccccc21)C(=O)C1N([C@@H](CO)[C@@H](C)CC)C(=O)[C@@H]2[C@@H](C(=O)O)[C@]3(C)OC12CC3C. The third-order valence-electron chi connectivity index (χ3n) is 9.48. The van der Waals surface area contributed by atoms with E-state index in [1.54, 1.807) is 22.6 Å². The largest absolute Gasteiger partial charge is 0.481 e. The molecule has 3 aliphatic rings.